The van der Waals surface area contributed by atoms with Crippen molar-refractivity contribution < 1.29 is 9.47 Å². The summed E-state index contributed by atoms with van der Waals surface area (Å²) in [5, 5.41) is 6.32. The van der Waals surface area contributed by atoms with Crippen LogP contribution in [0.2, 0.25) is 0 Å². The molecule has 0 spiro atoms. The topological polar surface area (TPSA) is 33.7 Å². The van der Waals surface area contributed by atoms with Crippen LogP contribution in [0.4, 0.5) is 0 Å². The van der Waals surface area contributed by atoms with Gasteiger partial charge < -0.3 is 14.8 Å². The van der Waals surface area contributed by atoms with E-state index in [1.807, 2.05) is 12.1 Å². The number of nitrogens with one attached hydrogen (secondary N) is 1. The Kier molecular flexibility index (Phi) is 6.22. The number of morpholine rings is 1. The third-order valence-corrected chi connectivity index (χ3v) is 5.52. The van der Waals surface area contributed by atoms with Crippen molar-refractivity contribution in [3.05, 3.63) is 77.9 Å². The molecule has 0 bridgehead atoms. The third-order valence-electron chi connectivity index (χ3n) is 5.52. The van der Waals surface area contributed by atoms with Crippen molar-refractivity contribution in [1.29, 1.82) is 0 Å². The van der Waals surface area contributed by atoms with Crippen molar-refractivity contribution >= 4 is 10.8 Å². The summed E-state index contributed by atoms with van der Waals surface area (Å²) >= 11 is 0. The second-order valence-electron chi connectivity index (χ2n) is 7.21. The van der Waals surface area contributed by atoms with Gasteiger partial charge in [-0.2, -0.15) is 0 Å². The Morgan fingerprint density at radius 3 is 2.50 bits per heavy atom. The zero-order valence-electron chi connectivity index (χ0n) is 16.4. The van der Waals surface area contributed by atoms with E-state index in [9.17, 15) is 0 Å². The van der Waals surface area contributed by atoms with E-state index in [0.717, 1.165) is 45.1 Å². The van der Waals surface area contributed by atoms with Crippen molar-refractivity contribution in [3.63, 3.8) is 0 Å². The van der Waals surface area contributed by atoms with Gasteiger partial charge in [0, 0.05) is 32.2 Å². The van der Waals surface area contributed by atoms with E-state index in [1.54, 1.807) is 7.11 Å². The van der Waals surface area contributed by atoms with Gasteiger partial charge >= 0.3 is 0 Å². The van der Waals surface area contributed by atoms with Crippen molar-refractivity contribution in [1.82, 2.24) is 10.2 Å². The van der Waals surface area contributed by atoms with E-state index in [0.29, 0.717) is 6.04 Å². The Morgan fingerprint density at radius 2 is 1.71 bits per heavy atom. The molecule has 4 rings (SSSR count). The molecule has 1 aliphatic heterocycles. The van der Waals surface area contributed by atoms with Crippen LogP contribution in [0.1, 0.15) is 17.2 Å². The third kappa shape index (κ3) is 4.36. The molecule has 3 aromatic carbocycles. The van der Waals surface area contributed by atoms with Crippen LogP contribution in [0.3, 0.4) is 0 Å². The Morgan fingerprint density at radius 1 is 0.964 bits per heavy atom. The van der Waals surface area contributed by atoms with Gasteiger partial charge in [-0.25, -0.2) is 0 Å². The molecule has 1 heterocycles. The number of hydrogen-bond acceptors (Lipinski definition) is 4. The van der Waals surface area contributed by atoms with Gasteiger partial charge in [-0.15, -0.1) is 0 Å². The van der Waals surface area contributed by atoms with Crippen LogP contribution in [0, 0.1) is 0 Å². The maximum atomic E-state index is 5.56. The first-order valence-corrected chi connectivity index (χ1v) is 9.98. The molecule has 0 amide bonds. The Balaban J connectivity index is 1.48. The largest absolute Gasteiger partial charge is 0.497 e. The molecule has 1 unspecified atom stereocenters. The van der Waals surface area contributed by atoms with Crippen LogP contribution < -0.4 is 10.1 Å². The molecule has 1 N–H and O–H groups in total. The lowest BCUT2D eigenvalue weighted by atomic mass is 10.0. The molecule has 0 aliphatic carbocycles. The fourth-order valence-electron chi connectivity index (χ4n) is 3.96. The predicted octanol–water partition coefficient (Wildman–Crippen LogP) is 4.01. The minimum absolute atomic E-state index is 0.324. The first-order chi connectivity index (χ1) is 13.8. The summed E-state index contributed by atoms with van der Waals surface area (Å²) in [7, 11) is 1.71. The van der Waals surface area contributed by atoms with E-state index >= 15 is 0 Å². The molecule has 4 nitrogen and oxygen atoms in total. The maximum absolute atomic E-state index is 5.56. The Hall–Kier alpha value is -2.40. The molecular formula is C24H28N2O2. The van der Waals surface area contributed by atoms with Crippen LogP contribution >= 0.6 is 0 Å². The van der Waals surface area contributed by atoms with Crippen molar-refractivity contribution in [2.75, 3.05) is 40.0 Å². The van der Waals surface area contributed by atoms with Gasteiger partial charge in [0.1, 0.15) is 5.75 Å². The summed E-state index contributed by atoms with van der Waals surface area (Å²) in [5.74, 6) is 0.896. The zero-order valence-corrected chi connectivity index (χ0v) is 16.4. The standard InChI is InChI=1S/C24H28N2O2/c1-27-22-11-9-20(10-12-22)24(26-13-15-28-16-14-26)18-25-17-21-7-4-6-19-5-2-3-8-23(19)21/h2-12,24-25H,13-18H2,1H3. The highest BCUT2D eigenvalue weighted by atomic mass is 16.5. The Labute approximate surface area is 167 Å². The number of rotatable bonds is 7. The number of ether oxygens (including phenoxy) is 2. The van der Waals surface area contributed by atoms with E-state index in [-0.39, 0.29) is 0 Å². The molecule has 1 saturated heterocycles. The lowest BCUT2D eigenvalue weighted by molar-refractivity contribution is 0.0161. The van der Waals surface area contributed by atoms with E-state index in [2.05, 4.69) is 64.8 Å². The fourth-order valence-corrected chi connectivity index (χ4v) is 3.96. The molecule has 1 atom stereocenters. The molecule has 0 aromatic heterocycles. The number of methoxy groups -OCH3 is 1. The highest BCUT2D eigenvalue weighted by Crippen LogP contribution is 2.24. The van der Waals surface area contributed by atoms with Crippen LogP contribution in [0.25, 0.3) is 10.8 Å². The molecule has 0 radical (unpaired) electrons. The highest BCUT2D eigenvalue weighted by molar-refractivity contribution is 5.85. The Bertz CT molecular complexity index is 883. The minimum Gasteiger partial charge on any atom is -0.497 e. The summed E-state index contributed by atoms with van der Waals surface area (Å²) in [5.41, 5.74) is 2.65. The molecule has 0 saturated carbocycles. The molecule has 1 aliphatic rings. The number of nitrogens with zero attached hydrogens (tertiary/aromatic N) is 1. The predicted molar refractivity (Wildman–Crippen MR) is 114 cm³/mol. The van der Waals surface area contributed by atoms with E-state index in [1.165, 1.54) is 21.9 Å². The molecule has 146 valence electrons. The smallest absolute Gasteiger partial charge is 0.118 e. The zero-order chi connectivity index (χ0) is 19.2. The van der Waals surface area contributed by atoms with Crippen molar-refractivity contribution in [2.45, 2.75) is 12.6 Å². The SMILES string of the molecule is COc1ccc(C(CNCc2cccc3ccccc23)N2CCOCC2)cc1. The van der Waals surface area contributed by atoms with E-state index in [4.69, 9.17) is 9.47 Å². The monoisotopic (exact) mass is 376 g/mol. The molecule has 3 aromatic rings. The van der Waals surface area contributed by atoms with Gasteiger partial charge in [0.25, 0.3) is 0 Å². The van der Waals surface area contributed by atoms with Crippen LogP contribution in [-0.2, 0) is 11.3 Å². The summed E-state index contributed by atoms with van der Waals surface area (Å²) < 4.78 is 10.9. The maximum Gasteiger partial charge on any atom is 0.118 e. The average molecular weight is 377 g/mol. The van der Waals surface area contributed by atoms with Crippen LogP contribution in [-0.4, -0.2) is 44.9 Å². The number of benzene rings is 3. The van der Waals surface area contributed by atoms with Gasteiger partial charge in [-0.1, -0.05) is 54.6 Å². The molecule has 1 fully saturated rings. The van der Waals surface area contributed by atoms with Gasteiger partial charge in [-0.3, -0.25) is 4.90 Å². The molecule has 4 heteroatoms. The fraction of sp³-hybridized carbons (Fsp3) is 0.333. The van der Waals surface area contributed by atoms with E-state index < -0.39 is 0 Å². The first-order valence-electron chi connectivity index (χ1n) is 9.98. The van der Waals surface area contributed by atoms with Crippen molar-refractivity contribution in [2.24, 2.45) is 0 Å². The normalized spacial score (nSPS) is 16.2. The summed E-state index contributed by atoms with van der Waals surface area (Å²) in [6.45, 7) is 5.29. The van der Waals surface area contributed by atoms with Gasteiger partial charge in [0.15, 0.2) is 0 Å². The summed E-state index contributed by atoms with van der Waals surface area (Å²) in [6, 6.07) is 23.9. The first kappa shape index (κ1) is 18.9. The van der Waals surface area contributed by atoms with Crippen LogP contribution in [0.5, 0.6) is 5.75 Å². The summed E-state index contributed by atoms with van der Waals surface area (Å²) in [4.78, 5) is 2.52. The van der Waals surface area contributed by atoms with Gasteiger partial charge in [0.2, 0.25) is 0 Å². The number of fused-ring (bicyclic) bond motifs is 1. The molecule has 28 heavy (non-hydrogen) atoms. The quantitative estimate of drug-likeness (QED) is 0.676. The second-order valence-corrected chi connectivity index (χ2v) is 7.21. The lowest BCUT2D eigenvalue weighted by Gasteiger charge is -2.35. The second kappa shape index (κ2) is 9.20. The lowest BCUT2D eigenvalue weighted by Crippen LogP contribution is -2.42. The van der Waals surface area contributed by atoms with Crippen LogP contribution in [0.15, 0.2) is 66.7 Å². The summed E-state index contributed by atoms with van der Waals surface area (Å²) in [6.07, 6.45) is 0. The number of hydrogen-bond donors (Lipinski definition) is 1. The highest BCUT2D eigenvalue weighted by Gasteiger charge is 2.22. The van der Waals surface area contributed by atoms with Gasteiger partial charge in [-0.05, 0) is 34.0 Å². The molecular weight excluding hydrogens is 348 g/mol. The minimum atomic E-state index is 0.324. The average Bonchev–Trinajstić information content (AvgIpc) is 2.77. The van der Waals surface area contributed by atoms with Gasteiger partial charge in [0.05, 0.1) is 20.3 Å². The van der Waals surface area contributed by atoms with Crippen molar-refractivity contribution in [3.8, 4) is 5.75 Å².